The molecule has 0 saturated heterocycles. The third-order valence-corrected chi connectivity index (χ3v) is 3.14. The second kappa shape index (κ2) is 6.70. The van der Waals surface area contributed by atoms with Crippen LogP contribution in [0.2, 0.25) is 0 Å². The maximum Gasteiger partial charge on any atom is 0.309 e. The molecule has 0 saturated carbocycles. The quantitative estimate of drug-likeness (QED) is 0.625. The molecule has 21 heavy (non-hydrogen) atoms. The molecule has 0 N–H and O–H groups in total. The lowest BCUT2D eigenvalue weighted by molar-refractivity contribution is -0.139. The lowest BCUT2D eigenvalue weighted by Gasteiger charge is -2.05. The number of methoxy groups -OCH3 is 2. The Bertz CT molecular complexity index is 627. The number of rotatable bonds is 5. The van der Waals surface area contributed by atoms with E-state index in [1.807, 2.05) is 0 Å². The zero-order valence-electron chi connectivity index (χ0n) is 12.0. The maximum atomic E-state index is 12.3. The van der Waals surface area contributed by atoms with Crippen LogP contribution in [0.1, 0.15) is 21.5 Å². The highest BCUT2D eigenvalue weighted by atomic mass is 16.5. The molecular weight excluding hydrogens is 268 g/mol. The first-order chi connectivity index (χ1) is 10.1. The molecule has 2 aromatic carbocycles. The minimum atomic E-state index is -0.302. The minimum absolute atomic E-state index is 0.0673. The number of hydrogen-bond donors (Lipinski definition) is 0. The van der Waals surface area contributed by atoms with Gasteiger partial charge in [-0.15, -0.1) is 0 Å². The van der Waals surface area contributed by atoms with Crippen molar-refractivity contribution in [3.8, 4) is 5.75 Å². The van der Waals surface area contributed by atoms with E-state index in [-0.39, 0.29) is 18.2 Å². The Morgan fingerprint density at radius 3 is 1.86 bits per heavy atom. The van der Waals surface area contributed by atoms with Gasteiger partial charge in [0.25, 0.3) is 0 Å². The molecule has 0 aliphatic carbocycles. The molecule has 2 rings (SSSR count). The molecule has 0 aromatic heterocycles. The van der Waals surface area contributed by atoms with Crippen LogP contribution in [0.15, 0.2) is 48.5 Å². The van der Waals surface area contributed by atoms with Crippen molar-refractivity contribution in [2.45, 2.75) is 6.42 Å². The Morgan fingerprint density at radius 1 is 0.857 bits per heavy atom. The van der Waals surface area contributed by atoms with Gasteiger partial charge in [-0.1, -0.05) is 24.3 Å². The number of esters is 1. The molecule has 0 aliphatic rings. The predicted octanol–water partition coefficient (Wildman–Crippen LogP) is 2.64. The molecule has 0 fully saturated rings. The Kier molecular flexibility index (Phi) is 4.72. The molecule has 0 bridgehead atoms. The highest BCUT2D eigenvalue weighted by Crippen LogP contribution is 2.15. The standard InChI is InChI=1S/C17H16O4/c1-20-15-9-7-14(8-10-15)17(19)13-5-3-12(4-6-13)11-16(18)21-2/h3-10H,11H2,1-2H3. The third-order valence-electron chi connectivity index (χ3n) is 3.14. The van der Waals surface area contributed by atoms with E-state index in [1.165, 1.54) is 7.11 Å². The molecule has 0 unspecified atom stereocenters. The monoisotopic (exact) mass is 284 g/mol. The molecule has 0 spiro atoms. The Hall–Kier alpha value is -2.62. The summed E-state index contributed by atoms with van der Waals surface area (Å²) >= 11 is 0. The van der Waals surface area contributed by atoms with Crippen LogP contribution in [0.3, 0.4) is 0 Å². The van der Waals surface area contributed by atoms with E-state index in [0.717, 1.165) is 5.56 Å². The summed E-state index contributed by atoms with van der Waals surface area (Å²) in [6, 6.07) is 13.9. The fourth-order valence-electron chi connectivity index (χ4n) is 1.92. The van der Waals surface area contributed by atoms with Gasteiger partial charge in [0, 0.05) is 11.1 Å². The van der Waals surface area contributed by atoms with Crippen LogP contribution < -0.4 is 4.74 Å². The summed E-state index contributed by atoms with van der Waals surface area (Å²) < 4.78 is 9.67. The van der Waals surface area contributed by atoms with Crippen molar-refractivity contribution in [3.05, 3.63) is 65.2 Å². The van der Waals surface area contributed by atoms with Crippen molar-refractivity contribution in [3.63, 3.8) is 0 Å². The zero-order chi connectivity index (χ0) is 15.2. The average Bonchev–Trinajstić information content (AvgIpc) is 2.55. The van der Waals surface area contributed by atoms with Crippen LogP contribution in [0, 0.1) is 0 Å². The van der Waals surface area contributed by atoms with Crippen LogP contribution in [0.25, 0.3) is 0 Å². The smallest absolute Gasteiger partial charge is 0.309 e. The molecule has 4 nitrogen and oxygen atoms in total. The van der Waals surface area contributed by atoms with Crippen molar-refractivity contribution in [1.82, 2.24) is 0 Å². The van der Waals surface area contributed by atoms with Crippen LogP contribution in [-0.2, 0) is 16.0 Å². The van der Waals surface area contributed by atoms with Gasteiger partial charge in [-0.05, 0) is 29.8 Å². The average molecular weight is 284 g/mol. The SMILES string of the molecule is COC(=O)Cc1ccc(C(=O)c2ccc(OC)cc2)cc1. The summed E-state index contributed by atoms with van der Waals surface area (Å²) in [7, 11) is 2.93. The molecule has 0 aliphatic heterocycles. The highest BCUT2D eigenvalue weighted by molar-refractivity contribution is 6.09. The summed E-state index contributed by atoms with van der Waals surface area (Å²) in [5.41, 5.74) is 1.98. The summed E-state index contributed by atoms with van der Waals surface area (Å²) in [5.74, 6) is 0.339. The van der Waals surface area contributed by atoms with E-state index < -0.39 is 0 Å². The van der Waals surface area contributed by atoms with Crippen molar-refractivity contribution in [2.24, 2.45) is 0 Å². The first-order valence-corrected chi connectivity index (χ1v) is 6.48. The number of carbonyl (C=O) groups is 2. The normalized spacial score (nSPS) is 10.0. The number of carbonyl (C=O) groups excluding carboxylic acids is 2. The maximum absolute atomic E-state index is 12.3. The highest BCUT2D eigenvalue weighted by Gasteiger charge is 2.10. The van der Waals surface area contributed by atoms with E-state index in [1.54, 1.807) is 55.6 Å². The first-order valence-electron chi connectivity index (χ1n) is 6.48. The fraction of sp³-hybridized carbons (Fsp3) is 0.176. The number of ether oxygens (including phenoxy) is 2. The van der Waals surface area contributed by atoms with Gasteiger partial charge in [-0.2, -0.15) is 0 Å². The molecule has 0 heterocycles. The molecule has 0 atom stereocenters. The summed E-state index contributed by atoms with van der Waals surface area (Å²) in [4.78, 5) is 23.5. The summed E-state index contributed by atoms with van der Waals surface area (Å²) in [5, 5.41) is 0. The van der Waals surface area contributed by atoms with E-state index in [2.05, 4.69) is 4.74 Å². The number of ketones is 1. The van der Waals surface area contributed by atoms with Gasteiger partial charge in [0.05, 0.1) is 20.6 Å². The predicted molar refractivity (Wildman–Crippen MR) is 78.6 cm³/mol. The molecule has 108 valence electrons. The molecular formula is C17H16O4. The van der Waals surface area contributed by atoms with Gasteiger partial charge in [0.1, 0.15) is 5.75 Å². The van der Waals surface area contributed by atoms with Crippen molar-refractivity contribution in [2.75, 3.05) is 14.2 Å². The largest absolute Gasteiger partial charge is 0.497 e. The van der Waals surface area contributed by atoms with Crippen molar-refractivity contribution < 1.29 is 19.1 Å². The van der Waals surface area contributed by atoms with Gasteiger partial charge in [-0.3, -0.25) is 9.59 Å². The minimum Gasteiger partial charge on any atom is -0.497 e. The van der Waals surface area contributed by atoms with Gasteiger partial charge in [0.15, 0.2) is 5.78 Å². The van der Waals surface area contributed by atoms with E-state index in [9.17, 15) is 9.59 Å². The van der Waals surface area contributed by atoms with E-state index in [0.29, 0.717) is 16.9 Å². The summed E-state index contributed by atoms with van der Waals surface area (Å²) in [6.45, 7) is 0. The van der Waals surface area contributed by atoms with Gasteiger partial charge in [0.2, 0.25) is 0 Å². The van der Waals surface area contributed by atoms with Crippen molar-refractivity contribution in [1.29, 1.82) is 0 Å². The molecule has 2 aromatic rings. The number of hydrogen-bond acceptors (Lipinski definition) is 4. The Morgan fingerprint density at radius 2 is 1.38 bits per heavy atom. The number of benzene rings is 2. The van der Waals surface area contributed by atoms with Gasteiger partial charge < -0.3 is 9.47 Å². The molecule has 0 amide bonds. The van der Waals surface area contributed by atoms with E-state index >= 15 is 0 Å². The zero-order valence-corrected chi connectivity index (χ0v) is 12.0. The van der Waals surface area contributed by atoms with Crippen LogP contribution in [-0.4, -0.2) is 26.0 Å². The van der Waals surface area contributed by atoms with Gasteiger partial charge in [-0.25, -0.2) is 0 Å². The Balaban J connectivity index is 2.13. The van der Waals surface area contributed by atoms with Crippen LogP contribution in [0.4, 0.5) is 0 Å². The Labute approximate surface area is 123 Å². The second-order valence-corrected chi connectivity index (χ2v) is 4.51. The molecule has 0 radical (unpaired) electrons. The first kappa shape index (κ1) is 14.8. The van der Waals surface area contributed by atoms with Crippen molar-refractivity contribution >= 4 is 11.8 Å². The lowest BCUT2D eigenvalue weighted by Crippen LogP contribution is -2.05. The third kappa shape index (κ3) is 3.69. The second-order valence-electron chi connectivity index (χ2n) is 4.51. The van der Waals surface area contributed by atoms with Crippen LogP contribution >= 0.6 is 0 Å². The molecule has 4 heteroatoms. The lowest BCUT2D eigenvalue weighted by atomic mass is 10.0. The summed E-state index contributed by atoms with van der Waals surface area (Å²) in [6.07, 6.45) is 0.202. The topological polar surface area (TPSA) is 52.6 Å². The fourth-order valence-corrected chi connectivity index (χ4v) is 1.92. The van der Waals surface area contributed by atoms with Crippen LogP contribution in [0.5, 0.6) is 5.75 Å². The van der Waals surface area contributed by atoms with E-state index in [4.69, 9.17) is 4.74 Å². The van der Waals surface area contributed by atoms with Gasteiger partial charge >= 0.3 is 5.97 Å².